The first kappa shape index (κ1) is 20.6. The number of halogens is 3. The van der Waals surface area contributed by atoms with Crippen molar-refractivity contribution >= 4 is 28.5 Å². The average Bonchev–Trinajstić information content (AvgIpc) is 3.15. The Balaban J connectivity index is 1.38. The van der Waals surface area contributed by atoms with Gasteiger partial charge >= 0.3 is 6.18 Å². The van der Waals surface area contributed by atoms with Crippen LogP contribution in [0.25, 0.3) is 10.9 Å². The van der Waals surface area contributed by atoms with Gasteiger partial charge in [0, 0.05) is 44.0 Å². The van der Waals surface area contributed by atoms with Gasteiger partial charge in [-0.05, 0) is 18.2 Å². The molecule has 162 valence electrons. The summed E-state index contributed by atoms with van der Waals surface area (Å²) >= 11 is 0. The second-order valence-corrected chi connectivity index (χ2v) is 7.21. The minimum Gasteiger partial charge on any atom is -0.366 e. The Morgan fingerprint density at radius 3 is 2.42 bits per heavy atom. The molecule has 0 atom stereocenters. The van der Waals surface area contributed by atoms with Crippen LogP contribution in [0.5, 0.6) is 0 Å². The van der Waals surface area contributed by atoms with Gasteiger partial charge in [-0.1, -0.05) is 12.1 Å². The van der Waals surface area contributed by atoms with Crippen LogP contribution in [0.15, 0.2) is 42.7 Å². The molecule has 11 heteroatoms. The molecule has 0 radical (unpaired) electrons. The number of pyridine rings is 1. The van der Waals surface area contributed by atoms with Crippen LogP contribution in [0.3, 0.4) is 0 Å². The number of rotatable bonds is 4. The van der Waals surface area contributed by atoms with E-state index in [-0.39, 0.29) is 12.5 Å². The van der Waals surface area contributed by atoms with Crippen LogP contribution < -0.4 is 10.6 Å². The van der Waals surface area contributed by atoms with Crippen molar-refractivity contribution in [3.05, 3.63) is 53.9 Å². The van der Waals surface area contributed by atoms with Crippen molar-refractivity contribution in [1.82, 2.24) is 19.7 Å². The zero-order valence-corrected chi connectivity index (χ0v) is 16.3. The summed E-state index contributed by atoms with van der Waals surface area (Å²) in [7, 11) is 0. The van der Waals surface area contributed by atoms with Gasteiger partial charge in [0.1, 0.15) is 17.9 Å². The highest BCUT2D eigenvalue weighted by Gasteiger charge is 2.31. The Labute approximate surface area is 175 Å². The summed E-state index contributed by atoms with van der Waals surface area (Å²) in [5.41, 5.74) is 5.31. The van der Waals surface area contributed by atoms with E-state index in [1.807, 2.05) is 4.90 Å². The maximum atomic E-state index is 12.7. The fraction of sp³-hybridized carbons (Fsp3) is 0.300. The molecule has 1 saturated heterocycles. The molecule has 0 saturated carbocycles. The molecular weight excluding hydrogens is 413 g/mol. The maximum Gasteiger partial charge on any atom is 0.417 e. The molecular formula is C20H19F3N6O2. The van der Waals surface area contributed by atoms with Crippen LogP contribution in [0.2, 0.25) is 0 Å². The zero-order chi connectivity index (χ0) is 22.2. The van der Waals surface area contributed by atoms with E-state index < -0.39 is 17.6 Å². The Morgan fingerprint density at radius 1 is 1.06 bits per heavy atom. The molecule has 2 N–H and O–H groups in total. The first-order valence-corrected chi connectivity index (χ1v) is 9.54. The number of alkyl halides is 3. The highest BCUT2D eigenvalue weighted by molar-refractivity contribution is 6.04. The number of primary amides is 1. The van der Waals surface area contributed by atoms with Gasteiger partial charge in [-0.2, -0.15) is 18.3 Å². The number of benzene rings is 1. The summed E-state index contributed by atoms with van der Waals surface area (Å²) in [6.07, 6.45) is -1.93. The van der Waals surface area contributed by atoms with E-state index in [2.05, 4.69) is 10.1 Å². The largest absolute Gasteiger partial charge is 0.417 e. The molecule has 4 rings (SSSR count). The molecule has 0 aliphatic carbocycles. The molecule has 31 heavy (non-hydrogen) atoms. The fourth-order valence-corrected chi connectivity index (χ4v) is 3.54. The highest BCUT2D eigenvalue weighted by atomic mass is 19.4. The highest BCUT2D eigenvalue weighted by Crippen LogP contribution is 2.29. The van der Waals surface area contributed by atoms with Crippen molar-refractivity contribution in [3.8, 4) is 0 Å². The van der Waals surface area contributed by atoms with Crippen LogP contribution in [0.4, 0.5) is 19.0 Å². The van der Waals surface area contributed by atoms with Gasteiger partial charge in [0.2, 0.25) is 5.91 Å². The van der Waals surface area contributed by atoms with Crippen molar-refractivity contribution in [2.75, 3.05) is 31.1 Å². The number of fused-ring (bicyclic) bond motifs is 1. The number of carbonyl (C=O) groups is 2. The average molecular weight is 432 g/mol. The first-order chi connectivity index (χ1) is 14.7. The van der Waals surface area contributed by atoms with Gasteiger partial charge in [0.25, 0.3) is 5.91 Å². The minimum absolute atomic E-state index is 0.00537. The summed E-state index contributed by atoms with van der Waals surface area (Å²) in [5.74, 6) is -0.291. The van der Waals surface area contributed by atoms with E-state index in [1.54, 1.807) is 29.3 Å². The normalized spacial score (nSPS) is 14.8. The van der Waals surface area contributed by atoms with Crippen LogP contribution in [0.1, 0.15) is 15.9 Å². The number of aromatic nitrogens is 3. The number of nitrogens with zero attached hydrogens (tertiary/aromatic N) is 5. The lowest BCUT2D eigenvalue weighted by molar-refractivity contribution is -0.138. The van der Waals surface area contributed by atoms with Crippen molar-refractivity contribution in [3.63, 3.8) is 0 Å². The van der Waals surface area contributed by atoms with Crippen molar-refractivity contribution < 1.29 is 22.8 Å². The van der Waals surface area contributed by atoms with E-state index in [0.29, 0.717) is 48.5 Å². The van der Waals surface area contributed by atoms with Crippen molar-refractivity contribution in [1.29, 1.82) is 0 Å². The molecule has 1 aromatic carbocycles. The van der Waals surface area contributed by atoms with Crippen molar-refractivity contribution in [2.24, 2.45) is 5.73 Å². The Morgan fingerprint density at radius 2 is 1.81 bits per heavy atom. The molecule has 0 bridgehead atoms. The molecule has 1 fully saturated rings. The molecule has 0 spiro atoms. The van der Waals surface area contributed by atoms with Crippen LogP contribution in [-0.2, 0) is 17.5 Å². The van der Waals surface area contributed by atoms with E-state index in [0.717, 1.165) is 12.3 Å². The Kier molecular flexibility index (Phi) is 5.25. The molecule has 1 aliphatic rings. The Hall–Kier alpha value is -3.63. The fourth-order valence-electron chi connectivity index (χ4n) is 3.54. The van der Waals surface area contributed by atoms with Gasteiger partial charge in [-0.25, -0.2) is 4.98 Å². The lowest BCUT2D eigenvalue weighted by Gasteiger charge is -2.35. The van der Waals surface area contributed by atoms with E-state index in [9.17, 15) is 22.8 Å². The monoisotopic (exact) mass is 432 g/mol. The maximum absolute atomic E-state index is 12.7. The summed E-state index contributed by atoms with van der Waals surface area (Å²) in [6, 6.07) is 7.41. The minimum atomic E-state index is -4.42. The standard InChI is InChI=1S/C20H19F3N6O2/c21-20(22,23)14-4-5-16(25-10-14)27-6-8-28(9-7-27)17(30)12-29-11-13-2-1-3-15(19(24)31)18(13)26-29/h1-5,10-11H,6-9,12H2,(H2,24,31). The number of amides is 2. The van der Waals surface area contributed by atoms with Crippen LogP contribution in [0, 0.1) is 0 Å². The lowest BCUT2D eigenvalue weighted by Crippen LogP contribution is -2.49. The summed E-state index contributed by atoms with van der Waals surface area (Å²) in [4.78, 5) is 31.6. The summed E-state index contributed by atoms with van der Waals surface area (Å²) < 4.78 is 39.5. The first-order valence-electron chi connectivity index (χ1n) is 9.54. The van der Waals surface area contributed by atoms with E-state index >= 15 is 0 Å². The smallest absolute Gasteiger partial charge is 0.366 e. The van der Waals surface area contributed by atoms with Crippen LogP contribution in [-0.4, -0.2) is 57.7 Å². The quantitative estimate of drug-likeness (QED) is 0.679. The topological polar surface area (TPSA) is 97.3 Å². The SMILES string of the molecule is NC(=O)c1cccc2cn(CC(=O)N3CCN(c4ccc(C(F)(F)F)cn4)CC3)nc12. The predicted octanol–water partition coefficient (Wildman–Crippen LogP) is 1.90. The zero-order valence-electron chi connectivity index (χ0n) is 16.3. The molecule has 1 aliphatic heterocycles. The number of carbonyl (C=O) groups excluding carboxylic acids is 2. The van der Waals surface area contributed by atoms with Crippen molar-refractivity contribution in [2.45, 2.75) is 12.7 Å². The number of nitrogens with two attached hydrogens (primary N) is 1. The van der Waals surface area contributed by atoms with Gasteiger partial charge < -0.3 is 15.5 Å². The second kappa shape index (κ2) is 7.89. The third-order valence-electron chi connectivity index (χ3n) is 5.18. The summed E-state index contributed by atoms with van der Waals surface area (Å²) in [5, 5.41) is 5.03. The molecule has 2 amide bonds. The molecule has 8 nitrogen and oxygen atoms in total. The second-order valence-electron chi connectivity index (χ2n) is 7.21. The molecule has 2 aromatic heterocycles. The number of anilines is 1. The van der Waals surface area contributed by atoms with E-state index in [4.69, 9.17) is 5.73 Å². The number of piperazine rings is 1. The summed E-state index contributed by atoms with van der Waals surface area (Å²) in [6.45, 7) is 1.74. The van der Waals surface area contributed by atoms with Gasteiger partial charge in [-0.3, -0.25) is 14.3 Å². The number of hydrogen-bond acceptors (Lipinski definition) is 5. The third-order valence-corrected chi connectivity index (χ3v) is 5.18. The number of hydrogen-bond donors (Lipinski definition) is 1. The lowest BCUT2D eigenvalue weighted by atomic mass is 10.1. The molecule has 3 heterocycles. The van der Waals surface area contributed by atoms with E-state index in [1.165, 1.54) is 10.7 Å². The molecule has 3 aromatic rings. The third kappa shape index (κ3) is 4.30. The Bertz CT molecular complexity index is 1120. The molecule has 0 unspecified atom stereocenters. The van der Waals surface area contributed by atoms with Gasteiger partial charge in [0.15, 0.2) is 0 Å². The van der Waals surface area contributed by atoms with Crippen LogP contribution >= 0.6 is 0 Å². The van der Waals surface area contributed by atoms with Gasteiger partial charge in [-0.15, -0.1) is 0 Å². The van der Waals surface area contributed by atoms with Gasteiger partial charge in [0.05, 0.1) is 11.1 Å². The predicted molar refractivity (Wildman–Crippen MR) is 106 cm³/mol.